The first-order valence-electron chi connectivity index (χ1n) is 9.49. The molecule has 1 unspecified atom stereocenters. The molecule has 0 radical (unpaired) electrons. The zero-order valence-electron chi connectivity index (χ0n) is 15.5. The van der Waals surface area contributed by atoms with Crippen LogP contribution in [-0.2, 0) is 16.9 Å². The smallest absolute Gasteiger partial charge is 0.160 e. The molecule has 0 bridgehead atoms. The number of hydrogen-bond acceptors (Lipinski definition) is 5. The monoisotopic (exact) mass is 364 g/mol. The predicted molar refractivity (Wildman–Crippen MR) is 105 cm³/mol. The highest BCUT2D eigenvalue weighted by molar-refractivity contribution is 5.78. The number of morpholine rings is 1. The van der Waals surface area contributed by atoms with Crippen molar-refractivity contribution in [2.24, 2.45) is 0 Å². The van der Waals surface area contributed by atoms with Gasteiger partial charge in [-0.3, -0.25) is 4.90 Å². The summed E-state index contributed by atoms with van der Waals surface area (Å²) in [6.45, 7) is 4.66. The summed E-state index contributed by atoms with van der Waals surface area (Å²) in [7, 11) is 2.04. The Hall–Kier alpha value is -2.34. The summed E-state index contributed by atoms with van der Waals surface area (Å²) in [5.74, 6) is 0.607. The van der Waals surface area contributed by atoms with Crippen LogP contribution >= 0.6 is 0 Å². The van der Waals surface area contributed by atoms with Gasteiger partial charge in [0.1, 0.15) is 11.3 Å². The third-order valence-electron chi connectivity index (χ3n) is 5.68. The van der Waals surface area contributed by atoms with Crippen LogP contribution < -0.4 is 4.90 Å². The van der Waals surface area contributed by atoms with Crippen molar-refractivity contribution in [3.05, 3.63) is 65.4 Å². The summed E-state index contributed by atoms with van der Waals surface area (Å²) in [4.78, 5) is 4.50. The fourth-order valence-corrected chi connectivity index (χ4v) is 4.35. The quantitative estimate of drug-likeness (QED) is 0.758. The van der Waals surface area contributed by atoms with E-state index in [9.17, 15) is 5.11 Å². The minimum Gasteiger partial charge on any atom is -0.458 e. The summed E-state index contributed by atoms with van der Waals surface area (Å²) in [6, 6.07) is 16.3. The fourth-order valence-electron chi connectivity index (χ4n) is 4.35. The molecule has 2 aromatic carbocycles. The second kappa shape index (κ2) is 6.37. The molecule has 5 nitrogen and oxygen atoms in total. The number of β-amino-alcohol motifs (C(OH)–C–C–N with tert-alkyl or cyclic N) is 1. The first-order chi connectivity index (χ1) is 13.1. The molecule has 3 heterocycles. The van der Waals surface area contributed by atoms with Crippen LogP contribution in [0.4, 0.5) is 5.69 Å². The number of likely N-dealkylation sites (N-methyl/N-ethyl adjacent to an activating group) is 1. The number of ether oxygens (including phenoxy) is 1. The normalized spacial score (nSPS) is 23.6. The summed E-state index contributed by atoms with van der Waals surface area (Å²) >= 11 is 0. The molecule has 1 atom stereocenters. The summed E-state index contributed by atoms with van der Waals surface area (Å²) < 4.78 is 11.5. The highest BCUT2D eigenvalue weighted by Gasteiger charge is 2.41. The van der Waals surface area contributed by atoms with E-state index in [1.54, 1.807) is 0 Å². The number of aliphatic hydroxyl groups is 1. The molecule has 1 saturated heterocycles. The molecular weight excluding hydrogens is 340 g/mol. The van der Waals surface area contributed by atoms with Gasteiger partial charge in [-0.05, 0) is 42.4 Å². The lowest BCUT2D eigenvalue weighted by Gasteiger charge is -2.39. The van der Waals surface area contributed by atoms with Gasteiger partial charge in [0.2, 0.25) is 0 Å². The van der Waals surface area contributed by atoms with E-state index in [0.717, 1.165) is 54.9 Å². The molecule has 1 N–H and O–H groups in total. The first-order valence-corrected chi connectivity index (χ1v) is 9.49. The van der Waals surface area contributed by atoms with Gasteiger partial charge in [-0.2, -0.15) is 0 Å². The molecule has 5 heteroatoms. The number of benzene rings is 2. The van der Waals surface area contributed by atoms with Crippen LogP contribution in [-0.4, -0.2) is 49.9 Å². The van der Waals surface area contributed by atoms with Gasteiger partial charge in [0.15, 0.2) is 5.60 Å². The predicted octanol–water partition coefficient (Wildman–Crippen LogP) is 2.95. The van der Waals surface area contributed by atoms with Gasteiger partial charge in [0, 0.05) is 37.3 Å². The largest absolute Gasteiger partial charge is 0.458 e. The Kier molecular flexibility index (Phi) is 3.97. The number of nitrogens with zero attached hydrogens (tertiary/aromatic N) is 2. The van der Waals surface area contributed by atoms with Crippen LogP contribution in [0.25, 0.3) is 11.0 Å². The van der Waals surface area contributed by atoms with Gasteiger partial charge in [-0.15, -0.1) is 0 Å². The average Bonchev–Trinajstić information content (AvgIpc) is 3.13. The van der Waals surface area contributed by atoms with E-state index in [-0.39, 0.29) is 0 Å². The molecule has 5 rings (SSSR count). The van der Waals surface area contributed by atoms with E-state index >= 15 is 0 Å². The summed E-state index contributed by atoms with van der Waals surface area (Å²) in [6.07, 6.45) is 0. The van der Waals surface area contributed by atoms with Gasteiger partial charge in [-0.1, -0.05) is 24.3 Å². The topological polar surface area (TPSA) is 49.1 Å². The second-order valence-corrected chi connectivity index (χ2v) is 7.62. The highest BCUT2D eigenvalue weighted by Crippen LogP contribution is 2.40. The van der Waals surface area contributed by atoms with Crippen molar-refractivity contribution in [3.8, 4) is 0 Å². The van der Waals surface area contributed by atoms with Gasteiger partial charge in [-0.25, -0.2) is 0 Å². The average molecular weight is 364 g/mol. The van der Waals surface area contributed by atoms with Gasteiger partial charge >= 0.3 is 0 Å². The fraction of sp³-hybridized carbons (Fsp3) is 0.364. The molecular formula is C22H24N2O3. The van der Waals surface area contributed by atoms with Crippen molar-refractivity contribution in [3.63, 3.8) is 0 Å². The number of para-hydroxylation sites is 1. The Morgan fingerprint density at radius 3 is 2.67 bits per heavy atom. The number of hydrogen-bond donors (Lipinski definition) is 1. The van der Waals surface area contributed by atoms with Crippen LogP contribution in [0.15, 0.2) is 52.9 Å². The lowest BCUT2D eigenvalue weighted by molar-refractivity contribution is 0.0112. The van der Waals surface area contributed by atoms with Crippen molar-refractivity contribution in [1.29, 1.82) is 0 Å². The van der Waals surface area contributed by atoms with Crippen LogP contribution in [0.1, 0.15) is 16.9 Å². The third-order valence-corrected chi connectivity index (χ3v) is 5.68. The van der Waals surface area contributed by atoms with E-state index in [1.807, 2.05) is 37.4 Å². The first kappa shape index (κ1) is 16.8. The third kappa shape index (κ3) is 2.83. The number of rotatable bonds is 2. The lowest BCUT2D eigenvalue weighted by Crippen LogP contribution is -2.45. The van der Waals surface area contributed by atoms with Gasteiger partial charge < -0.3 is 19.2 Å². The molecule has 1 aromatic heterocycles. The van der Waals surface area contributed by atoms with Crippen LogP contribution in [0, 0.1) is 0 Å². The van der Waals surface area contributed by atoms with Crippen molar-refractivity contribution >= 4 is 16.7 Å². The maximum absolute atomic E-state index is 11.7. The standard InChI is InChI=1S/C22H24N2O3/c1-23-14-17-12-18(24-8-10-26-11-9-24)6-7-19(17)22(25,15-23)21-13-16-4-2-3-5-20(16)27-21/h2-7,12-13,25H,8-11,14-15H2,1H3. The van der Waals surface area contributed by atoms with Crippen molar-refractivity contribution in [2.75, 3.05) is 44.8 Å². The Balaban J connectivity index is 1.58. The van der Waals surface area contributed by atoms with Crippen LogP contribution in [0.5, 0.6) is 0 Å². The Labute approximate surface area is 158 Å². The van der Waals surface area contributed by atoms with Crippen molar-refractivity contribution < 1.29 is 14.3 Å². The van der Waals surface area contributed by atoms with E-state index < -0.39 is 5.60 Å². The Bertz CT molecular complexity index is 944. The summed E-state index contributed by atoms with van der Waals surface area (Å²) in [5.41, 5.74) is 2.94. The summed E-state index contributed by atoms with van der Waals surface area (Å²) in [5, 5.41) is 12.7. The van der Waals surface area contributed by atoms with E-state index in [4.69, 9.17) is 9.15 Å². The van der Waals surface area contributed by atoms with E-state index in [2.05, 4.69) is 28.0 Å². The zero-order chi connectivity index (χ0) is 18.4. The maximum atomic E-state index is 11.7. The number of furan rings is 1. The molecule has 140 valence electrons. The number of fused-ring (bicyclic) bond motifs is 2. The zero-order valence-corrected chi connectivity index (χ0v) is 15.5. The van der Waals surface area contributed by atoms with Crippen LogP contribution in [0.2, 0.25) is 0 Å². The molecule has 2 aliphatic heterocycles. The maximum Gasteiger partial charge on any atom is 0.160 e. The van der Waals surface area contributed by atoms with Gasteiger partial charge in [0.25, 0.3) is 0 Å². The minimum absolute atomic E-state index is 0.511. The second-order valence-electron chi connectivity index (χ2n) is 7.62. The Morgan fingerprint density at radius 2 is 1.85 bits per heavy atom. The molecule has 27 heavy (non-hydrogen) atoms. The SMILES string of the molecule is CN1Cc2cc(N3CCOCC3)ccc2C(O)(c2cc3ccccc3o2)C1. The molecule has 0 amide bonds. The van der Waals surface area contributed by atoms with Crippen molar-refractivity contribution in [2.45, 2.75) is 12.1 Å². The molecule has 0 saturated carbocycles. The van der Waals surface area contributed by atoms with Gasteiger partial charge in [0.05, 0.1) is 13.2 Å². The molecule has 2 aliphatic rings. The highest BCUT2D eigenvalue weighted by atomic mass is 16.5. The van der Waals surface area contributed by atoms with Crippen molar-refractivity contribution in [1.82, 2.24) is 4.90 Å². The molecule has 3 aromatic rings. The molecule has 0 aliphatic carbocycles. The van der Waals surface area contributed by atoms with Crippen LogP contribution in [0.3, 0.4) is 0 Å². The Morgan fingerprint density at radius 1 is 1.04 bits per heavy atom. The minimum atomic E-state index is -1.15. The molecule has 0 spiro atoms. The number of anilines is 1. The lowest BCUT2D eigenvalue weighted by atomic mass is 9.83. The van der Waals surface area contributed by atoms with E-state index in [0.29, 0.717) is 12.3 Å². The van der Waals surface area contributed by atoms with E-state index in [1.165, 1.54) is 5.69 Å². The molecule has 1 fully saturated rings.